The number of hydrogen-bond acceptors (Lipinski definition) is 7. The Morgan fingerprint density at radius 3 is 2.81 bits per heavy atom. The van der Waals surface area contributed by atoms with Gasteiger partial charge in [-0.25, -0.2) is 0 Å². The van der Waals surface area contributed by atoms with Gasteiger partial charge in [0, 0.05) is 25.2 Å². The lowest BCUT2D eigenvalue weighted by molar-refractivity contribution is 0.0342. The van der Waals surface area contributed by atoms with Crippen LogP contribution in [0, 0.1) is 0 Å². The van der Waals surface area contributed by atoms with Crippen LogP contribution < -0.4 is 5.73 Å². The summed E-state index contributed by atoms with van der Waals surface area (Å²) in [6.07, 6.45) is 0. The van der Waals surface area contributed by atoms with Crippen molar-refractivity contribution in [1.82, 2.24) is 15.0 Å². The first kappa shape index (κ1) is 16.5. The highest BCUT2D eigenvalue weighted by molar-refractivity contribution is 5.90. The zero-order valence-corrected chi connectivity index (χ0v) is 14.1. The molecular weight excluding hydrogens is 336 g/mol. The van der Waals surface area contributed by atoms with Gasteiger partial charge in [0.05, 0.1) is 13.2 Å². The number of morpholine rings is 1. The van der Waals surface area contributed by atoms with Gasteiger partial charge in [0.15, 0.2) is 11.5 Å². The number of benzene rings is 1. The topological polar surface area (TPSA) is 108 Å². The molecule has 0 spiro atoms. The van der Waals surface area contributed by atoms with E-state index in [-0.39, 0.29) is 11.7 Å². The van der Waals surface area contributed by atoms with E-state index in [2.05, 4.69) is 21.1 Å². The van der Waals surface area contributed by atoms with E-state index in [9.17, 15) is 4.79 Å². The zero-order valence-electron chi connectivity index (χ0n) is 14.1. The Morgan fingerprint density at radius 2 is 2.04 bits per heavy atom. The van der Waals surface area contributed by atoms with Gasteiger partial charge in [-0.1, -0.05) is 23.4 Å². The van der Waals surface area contributed by atoms with Crippen molar-refractivity contribution in [2.24, 2.45) is 5.73 Å². The molecule has 1 aliphatic rings. The molecular formula is C18H18N4O4. The normalized spacial score (nSPS) is 15.2. The highest BCUT2D eigenvalue weighted by Gasteiger charge is 2.17. The van der Waals surface area contributed by atoms with Crippen LogP contribution in [0.5, 0.6) is 0 Å². The molecule has 26 heavy (non-hydrogen) atoms. The number of nitrogens with two attached hydrogens (primary N) is 1. The van der Waals surface area contributed by atoms with Crippen LogP contribution in [0.15, 0.2) is 45.3 Å². The molecule has 3 aromatic rings. The van der Waals surface area contributed by atoms with Gasteiger partial charge in [-0.15, -0.1) is 0 Å². The summed E-state index contributed by atoms with van der Waals surface area (Å²) in [5.74, 6) is 0.369. The van der Waals surface area contributed by atoms with Crippen LogP contribution in [-0.4, -0.2) is 47.3 Å². The molecule has 0 radical (unpaired) electrons. The number of carbonyl (C=O) groups excluding carboxylic acids is 1. The van der Waals surface area contributed by atoms with Gasteiger partial charge in [0.2, 0.25) is 5.82 Å². The van der Waals surface area contributed by atoms with E-state index < -0.39 is 5.91 Å². The first-order valence-electron chi connectivity index (χ1n) is 8.32. The number of hydrogen-bond donors (Lipinski definition) is 1. The second-order valence-corrected chi connectivity index (χ2v) is 6.04. The molecule has 3 heterocycles. The number of ether oxygens (including phenoxy) is 1. The summed E-state index contributed by atoms with van der Waals surface area (Å²) < 4.78 is 15.9. The molecule has 8 nitrogen and oxygen atoms in total. The molecule has 1 aromatic carbocycles. The highest BCUT2D eigenvalue weighted by atomic mass is 16.5. The van der Waals surface area contributed by atoms with Crippen LogP contribution in [0.1, 0.15) is 16.1 Å². The van der Waals surface area contributed by atoms with Crippen LogP contribution in [-0.2, 0) is 11.3 Å². The molecule has 0 bridgehead atoms. The number of nitrogens with zero attached hydrogens (tertiary/aromatic N) is 3. The molecule has 0 saturated carbocycles. The Bertz CT molecular complexity index is 911. The molecule has 1 saturated heterocycles. The van der Waals surface area contributed by atoms with Gasteiger partial charge >= 0.3 is 0 Å². The van der Waals surface area contributed by atoms with Gasteiger partial charge in [-0.2, -0.15) is 4.98 Å². The van der Waals surface area contributed by atoms with Crippen LogP contribution in [0.2, 0.25) is 0 Å². The second kappa shape index (κ2) is 7.11. The van der Waals surface area contributed by atoms with Gasteiger partial charge in [-0.05, 0) is 23.8 Å². The van der Waals surface area contributed by atoms with E-state index in [0.717, 1.165) is 38.4 Å². The number of amides is 1. The summed E-state index contributed by atoms with van der Waals surface area (Å²) in [7, 11) is 0. The molecule has 2 N–H and O–H groups in total. The maximum Gasteiger partial charge on any atom is 0.293 e. The van der Waals surface area contributed by atoms with Crippen LogP contribution in [0.3, 0.4) is 0 Å². The third kappa shape index (κ3) is 3.51. The number of furan rings is 1. The molecule has 0 atom stereocenters. The fraction of sp³-hybridized carbons (Fsp3) is 0.278. The fourth-order valence-corrected chi connectivity index (χ4v) is 2.85. The first-order valence-corrected chi connectivity index (χ1v) is 8.32. The fourth-order valence-electron chi connectivity index (χ4n) is 2.85. The van der Waals surface area contributed by atoms with Crippen molar-refractivity contribution in [3.63, 3.8) is 0 Å². The quantitative estimate of drug-likeness (QED) is 0.746. The minimum atomic E-state index is -0.646. The average molecular weight is 354 g/mol. The number of aromatic nitrogens is 2. The zero-order chi connectivity index (χ0) is 17.9. The standard InChI is InChI=1S/C18H18N4O4/c19-16(23)14-4-5-15(25-14)18-20-17(21-26-18)13-3-1-2-12(10-13)11-22-6-8-24-9-7-22/h1-5,10H,6-9,11H2,(H2,19,23). The summed E-state index contributed by atoms with van der Waals surface area (Å²) in [6.45, 7) is 4.24. The molecule has 1 fully saturated rings. The summed E-state index contributed by atoms with van der Waals surface area (Å²) >= 11 is 0. The summed E-state index contributed by atoms with van der Waals surface area (Å²) in [6, 6.07) is 11.1. The van der Waals surface area contributed by atoms with Crippen molar-refractivity contribution in [1.29, 1.82) is 0 Å². The third-order valence-corrected chi connectivity index (χ3v) is 4.18. The third-order valence-electron chi connectivity index (χ3n) is 4.18. The predicted molar refractivity (Wildman–Crippen MR) is 92.0 cm³/mol. The van der Waals surface area contributed by atoms with E-state index in [1.54, 1.807) is 6.07 Å². The largest absolute Gasteiger partial charge is 0.446 e. The lowest BCUT2D eigenvalue weighted by Gasteiger charge is -2.26. The number of rotatable bonds is 5. The van der Waals surface area contributed by atoms with Crippen LogP contribution in [0.4, 0.5) is 0 Å². The Kier molecular flexibility index (Phi) is 4.51. The molecule has 4 rings (SSSR count). The van der Waals surface area contributed by atoms with Gasteiger partial charge < -0.3 is 19.4 Å². The van der Waals surface area contributed by atoms with E-state index in [0.29, 0.717) is 11.6 Å². The Labute approximate surface area is 149 Å². The van der Waals surface area contributed by atoms with Crippen LogP contribution >= 0.6 is 0 Å². The molecule has 2 aromatic heterocycles. The molecule has 8 heteroatoms. The summed E-state index contributed by atoms with van der Waals surface area (Å²) in [5, 5.41) is 4.01. The van der Waals surface area contributed by atoms with Crippen molar-refractivity contribution >= 4 is 5.91 Å². The van der Waals surface area contributed by atoms with E-state index in [4.69, 9.17) is 19.4 Å². The van der Waals surface area contributed by atoms with Gasteiger partial charge in [0.1, 0.15) is 0 Å². The molecule has 0 unspecified atom stereocenters. The summed E-state index contributed by atoms with van der Waals surface area (Å²) in [5.41, 5.74) is 7.21. The second-order valence-electron chi connectivity index (χ2n) is 6.04. The highest BCUT2D eigenvalue weighted by Crippen LogP contribution is 2.24. The lowest BCUT2D eigenvalue weighted by Crippen LogP contribution is -2.35. The van der Waals surface area contributed by atoms with Crippen molar-refractivity contribution in [2.45, 2.75) is 6.54 Å². The maximum atomic E-state index is 11.1. The predicted octanol–water partition coefficient (Wildman–Crippen LogP) is 1.93. The number of carbonyl (C=O) groups is 1. The van der Waals surface area contributed by atoms with E-state index >= 15 is 0 Å². The van der Waals surface area contributed by atoms with Crippen LogP contribution in [0.25, 0.3) is 23.0 Å². The maximum absolute atomic E-state index is 11.1. The molecule has 134 valence electrons. The Balaban J connectivity index is 1.53. The molecule has 0 aliphatic carbocycles. The molecule has 1 amide bonds. The van der Waals surface area contributed by atoms with Crippen molar-refractivity contribution in [2.75, 3.05) is 26.3 Å². The monoisotopic (exact) mass is 354 g/mol. The number of primary amides is 1. The van der Waals surface area contributed by atoms with Crippen molar-refractivity contribution < 1.29 is 18.5 Å². The first-order chi connectivity index (χ1) is 12.7. The Hall–Kier alpha value is -2.97. The van der Waals surface area contributed by atoms with E-state index in [1.807, 2.05) is 18.2 Å². The van der Waals surface area contributed by atoms with Crippen molar-refractivity contribution in [3.8, 4) is 23.0 Å². The van der Waals surface area contributed by atoms with E-state index in [1.165, 1.54) is 11.6 Å². The smallest absolute Gasteiger partial charge is 0.293 e. The minimum Gasteiger partial charge on any atom is -0.446 e. The SMILES string of the molecule is NC(=O)c1ccc(-c2nc(-c3cccc(CN4CCOCC4)c3)no2)o1. The Morgan fingerprint density at radius 1 is 1.19 bits per heavy atom. The lowest BCUT2D eigenvalue weighted by atomic mass is 10.1. The van der Waals surface area contributed by atoms with Gasteiger partial charge in [0.25, 0.3) is 11.8 Å². The minimum absolute atomic E-state index is 0.0484. The summed E-state index contributed by atoms with van der Waals surface area (Å²) in [4.78, 5) is 17.8. The molecule has 1 aliphatic heterocycles. The average Bonchev–Trinajstić information content (AvgIpc) is 3.32. The van der Waals surface area contributed by atoms with Gasteiger partial charge in [-0.3, -0.25) is 9.69 Å². The van der Waals surface area contributed by atoms with Crippen molar-refractivity contribution in [3.05, 3.63) is 47.7 Å².